The molecule has 3 heteroatoms. The third-order valence-corrected chi connectivity index (χ3v) is 3.80. The molecule has 3 rings (SSSR count). The topological polar surface area (TPSA) is 33.1 Å². The number of pyridine rings is 1. The van der Waals surface area contributed by atoms with Crippen LogP contribution in [0.25, 0.3) is 0 Å². The van der Waals surface area contributed by atoms with Gasteiger partial charge in [-0.15, -0.1) is 0 Å². The van der Waals surface area contributed by atoms with Crippen molar-refractivity contribution in [1.29, 1.82) is 0 Å². The van der Waals surface area contributed by atoms with E-state index >= 15 is 0 Å². The fourth-order valence-corrected chi connectivity index (χ4v) is 2.59. The molecule has 1 heterocycles. The van der Waals surface area contributed by atoms with Crippen molar-refractivity contribution in [1.82, 2.24) is 4.98 Å². The van der Waals surface area contributed by atoms with E-state index in [0.29, 0.717) is 5.02 Å². The van der Waals surface area contributed by atoms with Gasteiger partial charge >= 0.3 is 0 Å². The van der Waals surface area contributed by atoms with E-state index < -0.39 is 5.60 Å². The van der Waals surface area contributed by atoms with E-state index in [1.54, 1.807) is 24.5 Å². The molecule has 0 aliphatic rings. The van der Waals surface area contributed by atoms with E-state index in [2.05, 4.69) is 4.98 Å². The summed E-state index contributed by atoms with van der Waals surface area (Å²) < 4.78 is 0. The lowest BCUT2D eigenvalue weighted by atomic mass is 9.81. The standard InChI is InChI=1S/C18H14ClNO/c19-17-8-6-15(7-9-17)18(21,14-4-2-1-3-5-14)16-10-12-20-13-11-16/h1-13,21H/t18-/m0/s1. The minimum absolute atomic E-state index is 0.642. The third-order valence-electron chi connectivity index (χ3n) is 3.55. The highest BCUT2D eigenvalue weighted by atomic mass is 35.5. The van der Waals surface area contributed by atoms with Crippen LogP contribution < -0.4 is 0 Å². The van der Waals surface area contributed by atoms with E-state index in [1.165, 1.54) is 0 Å². The summed E-state index contributed by atoms with van der Waals surface area (Å²) in [5, 5.41) is 12.1. The lowest BCUT2D eigenvalue weighted by Crippen LogP contribution is -2.28. The van der Waals surface area contributed by atoms with Crippen molar-refractivity contribution in [2.75, 3.05) is 0 Å². The molecule has 0 saturated heterocycles. The second-order valence-electron chi connectivity index (χ2n) is 4.82. The van der Waals surface area contributed by atoms with Crippen molar-refractivity contribution < 1.29 is 5.11 Å². The number of nitrogens with zero attached hydrogens (tertiary/aromatic N) is 1. The first kappa shape index (κ1) is 13.8. The summed E-state index contributed by atoms with van der Waals surface area (Å²) >= 11 is 5.96. The van der Waals surface area contributed by atoms with Crippen LogP contribution in [-0.4, -0.2) is 10.1 Å². The number of rotatable bonds is 3. The molecule has 0 aliphatic carbocycles. The maximum atomic E-state index is 11.4. The zero-order valence-electron chi connectivity index (χ0n) is 11.3. The molecule has 0 fully saturated rings. The lowest BCUT2D eigenvalue weighted by Gasteiger charge is -2.30. The Kier molecular flexibility index (Phi) is 3.74. The van der Waals surface area contributed by atoms with Gasteiger partial charge in [-0.1, -0.05) is 54.1 Å². The predicted molar refractivity (Wildman–Crippen MR) is 84.2 cm³/mol. The van der Waals surface area contributed by atoms with Crippen LogP contribution in [0.3, 0.4) is 0 Å². The molecule has 1 atom stereocenters. The first-order valence-corrected chi connectivity index (χ1v) is 7.03. The molecule has 0 saturated carbocycles. The fourth-order valence-electron chi connectivity index (χ4n) is 2.46. The molecule has 0 aliphatic heterocycles. The summed E-state index contributed by atoms with van der Waals surface area (Å²) in [6.07, 6.45) is 3.36. The Morgan fingerprint density at radius 3 is 1.86 bits per heavy atom. The van der Waals surface area contributed by atoms with E-state index in [0.717, 1.165) is 16.7 Å². The van der Waals surface area contributed by atoms with Gasteiger partial charge in [0.1, 0.15) is 5.60 Å². The zero-order chi connectivity index (χ0) is 14.7. The minimum Gasteiger partial charge on any atom is -0.376 e. The molecule has 0 spiro atoms. The molecule has 0 bridgehead atoms. The van der Waals surface area contributed by atoms with Gasteiger partial charge in [0.2, 0.25) is 0 Å². The van der Waals surface area contributed by atoms with Crippen molar-refractivity contribution in [3.63, 3.8) is 0 Å². The third kappa shape index (κ3) is 2.56. The van der Waals surface area contributed by atoms with Crippen LogP contribution in [0, 0.1) is 0 Å². The summed E-state index contributed by atoms with van der Waals surface area (Å²) in [5.74, 6) is 0. The number of aliphatic hydroxyl groups is 1. The Morgan fingerprint density at radius 2 is 1.24 bits per heavy atom. The van der Waals surface area contributed by atoms with Gasteiger partial charge < -0.3 is 5.11 Å². The Bertz CT molecular complexity index is 672. The Morgan fingerprint density at radius 1 is 0.714 bits per heavy atom. The van der Waals surface area contributed by atoms with Crippen LogP contribution in [0.4, 0.5) is 0 Å². The van der Waals surface area contributed by atoms with Crippen LogP contribution in [0.2, 0.25) is 5.02 Å². The van der Waals surface area contributed by atoms with Gasteiger partial charge in [-0.05, 0) is 41.0 Å². The van der Waals surface area contributed by atoms with Crippen LogP contribution in [0.5, 0.6) is 0 Å². The van der Waals surface area contributed by atoms with Crippen molar-refractivity contribution in [2.24, 2.45) is 0 Å². The number of hydrogen-bond donors (Lipinski definition) is 1. The zero-order valence-corrected chi connectivity index (χ0v) is 12.0. The van der Waals surface area contributed by atoms with Crippen LogP contribution in [0.15, 0.2) is 79.1 Å². The second-order valence-corrected chi connectivity index (χ2v) is 5.26. The fraction of sp³-hybridized carbons (Fsp3) is 0.0556. The number of hydrogen-bond acceptors (Lipinski definition) is 2. The number of halogens is 1. The van der Waals surface area contributed by atoms with Crippen LogP contribution in [0.1, 0.15) is 16.7 Å². The molecule has 0 radical (unpaired) electrons. The molecule has 0 amide bonds. The largest absolute Gasteiger partial charge is 0.376 e. The molecule has 104 valence electrons. The van der Waals surface area contributed by atoms with E-state index in [1.807, 2.05) is 54.6 Å². The Balaban J connectivity index is 2.23. The molecule has 1 N–H and O–H groups in total. The highest BCUT2D eigenvalue weighted by Gasteiger charge is 2.33. The van der Waals surface area contributed by atoms with Crippen molar-refractivity contribution in [3.05, 3.63) is 101 Å². The van der Waals surface area contributed by atoms with E-state index in [9.17, 15) is 5.11 Å². The van der Waals surface area contributed by atoms with Crippen molar-refractivity contribution in [2.45, 2.75) is 5.60 Å². The summed E-state index contributed by atoms with van der Waals surface area (Å²) in [4.78, 5) is 4.03. The van der Waals surface area contributed by atoms with E-state index in [-0.39, 0.29) is 0 Å². The van der Waals surface area contributed by atoms with Gasteiger partial charge in [-0.3, -0.25) is 4.98 Å². The molecule has 0 unspecified atom stereocenters. The second kappa shape index (κ2) is 5.68. The number of benzene rings is 2. The normalized spacial score (nSPS) is 13.6. The van der Waals surface area contributed by atoms with Gasteiger partial charge in [-0.25, -0.2) is 0 Å². The predicted octanol–water partition coefficient (Wildman–Crippen LogP) is 4.02. The van der Waals surface area contributed by atoms with Crippen LogP contribution >= 0.6 is 11.6 Å². The number of aromatic nitrogens is 1. The molecular weight excluding hydrogens is 282 g/mol. The summed E-state index contributed by atoms with van der Waals surface area (Å²) in [6, 6.07) is 20.5. The summed E-state index contributed by atoms with van der Waals surface area (Å²) in [7, 11) is 0. The highest BCUT2D eigenvalue weighted by Crippen LogP contribution is 2.36. The minimum atomic E-state index is -1.23. The van der Waals surface area contributed by atoms with Gasteiger partial charge in [0, 0.05) is 17.4 Å². The molecule has 21 heavy (non-hydrogen) atoms. The first-order chi connectivity index (χ1) is 10.2. The van der Waals surface area contributed by atoms with Gasteiger partial charge in [-0.2, -0.15) is 0 Å². The molecule has 2 nitrogen and oxygen atoms in total. The smallest absolute Gasteiger partial charge is 0.140 e. The van der Waals surface area contributed by atoms with Gasteiger partial charge in [0.25, 0.3) is 0 Å². The van der Waals surface area contributed by atoms with Gasteiger partial charge in [0.15, 0.2) is 0 Å². The quantitative estimate of drug-likeness (QED) is 0.792. The van der Waals surface area contributed by atoms with Crippen molar-refractivity contribution >= 4 is 11.6 Å². The van der Waals surface area contributed by atoms with E-state index in [4.69, 9.17) is 11.6 Å². The average molecular weight is 296 g/mol. The lowest BCUT2D eigenvalue weighted by molar-refractivity contribution is 0.125. The van der Waals surface area contributed by atoms with Gasteiger partial charge in [0.05, 0.1) is 0 Å². The molecular formula is C18H14ClNO. The maximum absolute atomic E-state index is 11.4. The Labute approximate surface area is 128 Å². The first-order valence-electron chi connectivity index (χ1n) is 6.66. The van der Waals surface area contributed by atoms with Crippen molar-refractivity contribution in [3.8, 4) is 0 Å². The summed E-state index contributed by atoms with van der Waals surface area (Å²) in [5.41, 5.74) is 1.11. The highest BCUT2D eigenvalue weighted by molar-refractivity contribution is 6.30. The molecule has 3 aromatic rings. The summed E-state index contributed by atoms with van der Waals surface area (Å²) in [6.45, 7) is 0. The Hall–Kier alpha value is -2.16. The van der Waals surface area contributed by atoms with Crippen LogP contribution in [-0.2, 0) is 5.60 Å². The molecule has 2 aromatic carbocycles. The monoisotopic (exact) mass is 295 g/mol. The SMILES string of the molecule is O[C@](c1ccccc1)(c1ccncc1)c1ccc(Cl)cc1. The maximum Gasteiger partial charge on any atom is 0.140 e. The average Bonchev–Trinajstić information content (AvgIpc) is 2.56. The molecule has 1 aromatic heterocycles.